The van der Waals surface area contributed by atoms with Gasteiger partial charge in [0.15, 0.2) is 0 Å². The molecule has 8 heteroatoms. The molecule has 1 rings (SSSR count). The number of nitrogens with one attached hydrogen (secondary N) is 1. The summed E-state index contributed by atoms with van der Waals surface area (Å²) >= 11 is 6.03. The minimum absolute atomic E-state index is 0.526. The Morgan fingerprint density at radius 1 is 1.12 bits per heavy atom. The van der Waals surface area contributed by atoms with Crippen LogP contribution in [0.25, 0.3) is 0 Å². The number of benzene rings is 1. The van der Waals surface area contributed by atoms with Crippen LogP contribution in [0, 0.1) is 6.92 Å². The topological polar surface area (TPSA) is 105 Å². The van der Waals surface area contributed by atoms with Crippen LogP contribution in [0.15, 0.2) is 18.2 Å². The van der Waals surface area contributed by atoms with Crippen LogP contribution in [0.1, 0.15) is 25.3 Å². The van der Waals surface area contributed by atoms with E-state index in [-0.39, 0.29) is 0 Å². The summed E-state index contributed by atoms with van der Waals surface area (Å²) in [6.07, 6.45) is 2.44. The van der Waals surface area contributed by atoms with Gasteiger partial charge in [-0.1, -0.05) is 31.0 Å². The lowest BCUT2D eigenvalue weighted by Gasteiger charge is -2.09. The Bertz CT molecular complexity index is 512. The molecule has 0 spiro atoms. The van der Waals surface area contributed by atoms with Crippen molar-refractivity contribution >= 4 is 23.5 Å². The standard InChI is InChI=1S/C15H24ClNO2.C2H2O4/c1-3-4-7-17-8-9-18-10-11-19-15-12-13(2)5-6-14(15)16;3-1(4)2(5)6/h5-6,12,17H,3-4,7-11H2,1-2H3;(H,3,4)(H,5,6). The minimum Gasteiger partial charge on any atom is -0.490 e. The van der Waals surface area contributed by atoms with Gasteiger partial charge in [0.2, 0.25) is 0 Å². The van der Waals surface area contributed by atoms with Crippen molar-refractivity contribution < 1.29 is 29.3 Å². The Morgan fingerprint density at radius 3 is 2.40 bits per heavy atom. The van der Waals surface area contributed by atoms with Gasteiger partial charge in [-0.25, -0.2) is 9.59 Å². The predicted octanol–water partition coefficient (Wildman–Crippen LogP) is 2.59. The molecule has 0 aliphatic heterocycles. The van der Waals surface area contributed by atoms with E-state index in [1.165, 1.54) is 12.8 Å². The number of carbonyl (C=O) groups is 2. The van der Waals surface area contributed by atoms with E-state index in [4.69, 9.17) is 40.9 Å². The van der Waals surface area contributed by atoms with Crippen LogP contribution in [-0.2, 0) is 14.3 Å². The highest BCUT2D eigenvalue weighted by Crippen LogP contribution is 2.24. The first-order valence-corrected chi connectivity index (χ1v) is 8.39. The van der Waals surface area contributed by atoms with Gasteiger partial charge in [0.05, 0.1) is 18.2 Å². The van der Waals surface area contributed by atoms with Crippen LogP contribution in [0.3, 0.4) is 0 Å². The van der Waals surface area contributed by atoms with Gasteiger partial charge < -0.3 is 25.0 Å². The first kappa shape index (κ1) is 23.2. The zero-order valence-electron chi connectivity index (χ0n) is 14.6. The van der Waals surface area contributed by atoms with Gasteiger partial charge in [-0.05, 0) is 37.6 Å². The van der Waals surface area contributed by atoms with E-state index in [1.54, 1.807) is 0 Å². The average Bonchev–Trinajstić information content (AvgIpc) is 2.57. The van der Waals surface area contributed by atoms with Crippen LogP contribution in [0.2, 0.25) is 5.02 Å². The third-order valence-corrected chi connectivity index (χ3v) is 3.20. The number of carboxylic acid groups (broad SMARTS) is 2. The largest absolute Gasteiger partial charge is 0.490 e. The lowest BCUT2D eigenvalue weighted by atomic mass is 10.2. The van der Waals surface area contributed by atoms with Crippen molar-refractivity contribution in [2.45, 2.75) is 26.7 Å². The number of unbranched alkanes of at least 4 members (excludes halogenated alkanes) is 1. The van der Waals surface area contributed by atoms with Crippen LogP contribution < -0.4 is 10.1 Å². The van der Waals surface area contributed by atoms with E-state index in [2.05, 4.69) is 12.2 Å². The van der Waals surface area contributed by atoms with E-state index >= 15 is 0 Å². The third-order valence-electron chi connectivity index (χ3n) is 2.89. The Balaban J connectivity index is 0.000000823. The molecule has 0 bridgehead atoms. The number of hydrogen-bond acceptors (Lipinski definition) is 5. The van der Waals surface area contributed by atoms with Gasteiger partial charge in [0, 0.05) is 6.54 Å². The molecule has 0 aliphatic rings. The Labute approximate surface area is 152 Å². The van der Waals surface area contributed by atoms with Crippen molar-refractivity contribution in [2.24, 2.45) is 0 Å². The fourth-order valence-corrected chi connectivity index (χ4v) is 1.78. The molecule has 3 N–H and O–H groups in total. The second-order valence-corrected chi connectivity index (χ2v) is 5.52. The lowest BCUT2D eigenvalue weighted by molar-refractivity contribution is -0.159. The summed E-state index contributed by atoms with van der Waals surface area (Å²) in [7, 11) is 0. The highest BCUT2D eigenvalue weighted by molar-refractivity contribution is 6.32. The molecule has 0 atom stereocenters. The summed E-state index contributed by atoms with van der Waals surface area (Å²) in [6.45, 7) is 7.99. The van der Waals surface area contributed by atoms with Gasteiger partial charge in [-0.3, -0.25) is 0 Å². The second-order valence-electron chi connectivity index (χ2n) is 5.11. The molecule has 0 fully saturated rings. The van der Waals surface area contributed by atoms with Crippen molar-refractivity contribution in [1.82, 2.24) is 5.32 Å². The molecule has 0 amide bonds. The van der Waals surface area contributed by atoms with Crippen molar-refractivity contribution in [2.75, 3.05) is 32.9 Å². The van der Waals surface area contributed by atoms with Gasteiger partial charge in [-0.15, -0.1) is 0 Å². The second kappa shape index (κ2) is 14.5. The maximum Gasteiger partial charge on any atom is 0.414 e. The molecule has 0 heterocycles. The van der Waals surface area contributed by atoms with Crippen molar-refractivity contribution in [3.8, 4) is 5.75 Å². The lowest BCUT2D eigenvalue weighted by Crippen LogP contribution is -2.21. The molecule has 0 saturated carbocycles. The van der Waals surface area contributed by atoms with E-state index < -0.39 is 11.9 Å². The first-order chi connectivity index (χ1) is 11.9. The highest BCUT2D eigenvalue weighted by Gasteiger charge is 2.04. The number of hydrogen-bond donors (Lipinski definition) is 3. The fourth-order valence-electron chi connectivity index (χ4n) is 1.60. The molecular formula is C17H26ClNO6. The van der Waals surface area contributed by atoms with Crippen LogP contribution >= 0.6 is 11.6 Å². The molecular weight excluding hydrogens is 350 g/mol. The first-order valence-electron chi connectivity index (χ1n) is 8.02. The fraction of sp³-hybridized carbons (Fsp3) is 0.529. The predicted molar refractivity (Wildman–Crippen MR) is 95.6 cm³/mol. The van der Waals surface area contributed by atoms with E-state index in [1.807, 2.05) is 25.1 Å². The van der Waals surface area contributed by atoms with E-state index in [9.17, 15) is 0 Å². The quantitative estimate of drug-likeness (QED) is 0.426. The minimum atomic E-state index is -1.82. The molecule has 1 aromatic rings. The SMILES string of the molecule is CCCCNCCOCCOc1cc(C)ccc1Cl.O=C(O)C(=O)O. The molecule has 142 valence electrons. The maximum absolute atomic E-state index is 9.10. The number of rotatable bonds is 10. The molecule has 7 nitrogen and oxygen atoms in total. The number of halogens is 1. The average molecular weight is 376 g/mol. The number of carboxylic acids is 2. The van der Waals surface area contributed by atoms with Crippen LogP contribution in [-0.4, -0.2) is 55.1 Å². The summed E-state index contributed by atoms with van der Waals surface area (Å²) in [6, 6.07) is 5.76. The highest BCUT2D eigenvalue weighted by atomic mass is 35.5. The van der Waals surface area contributed by atoms with Crippen molar-refractivity contribution in [3.05, 3.63) is 28.8 Å². The van der Waals surface area contributed by atoms with E-state index in [0.29, 0.717) is 24.8 Å². The Kier molecular flexibility index (Phi) is 13.4. The zero-order valence-corrected chi connectivity index (χ0v) is 15.3. The summed E-state index contributed by atoms with van der Waals surface area (Å²) in [5.74, 6) is -2.92. The smallest absolute Gasteiger partial charge is 0.414 e. The summed E-state index contributed by atoms with van der Waals surface area (Å²) in [5, 5.41) is 18.8. The third kappa shape index (κ3) is 13.2. The molecule has 0 aromatic heterocycles. The molecule has 0 aliphatic carbocycles. The van der Waals surface area contributed by atoms with Crippen molar-refractivity contribution in [3.63, 3.8) is 0 Å². The van der Waals surface area contributed by atoms with Gasteiger partial charge in [0.25, 0.3) is 0 Å². The zero-order chi connectivity index (χ0) is 19.1. The monoisotopic (exact) mass is 375 g/mol. The number of aryl methyl sites for hydroxylation is 1. The summed E-state index contributed by atoms with van der Waals surface area (Å²) < 4.78 is 11.1. The van der Waals surface area contributed by atoms with Crippen molar-refractivity contribution in [1.29, 1.82) is 0 Å². The van der Waals surface area contributed by atoms with E-state index in [0.717, 1.165) is 24.4 Å². The maximum atomic E-state index is 9.10. The summed E-state index contributed by atoms with van der Waals surface area (Å²) in [5.41, 5.74) is 1.14. The van der Waals surface area contributed by atoms with Crippen LogP contribution in [0.4, 0.5) is 0 Å². The number of aliphatic carboxylic acids is 2. The number of ether oxygens (including phenoxy) is 2. The normalized spacial score (nSPS) is 9.88. The van der Waals surface area contributed by atoms with Gasteiger partial charge in [0.1, 0.15) is 12.4 Å². The van der Waals surface area contributed by atoms with Gasteiger partial charge in [-0.2, -0.15) is 0 Å². The molecule has 25 heavy (non-hydrogen) atoms. The Morgan fingerprint density at radius 2 is 1.80 bits per heavy atom. The molecule has 0 unspecified atom stereocenters. The summed E-state index contributed by atoms with van der Waals surface area (Å²) in [4.78, 5) is 18.2. The van der Waals surface area contributed by atoms with Crippen LogP contribution in [0.5, 0.6) is 5.75 Å². The van der Waals surface area contributed by atoms with Gasteiger partial charge >= 0.3 is 11.9 Å². The molecule has 0 saturated heterocycles. The molecule has 0 radical (unpaired) electrons. The molecule has 1 aromatic carbocycles. The Hall–Kier alpha value is -1.83.